The van der Waals surface area contributed by atoms with Crippen LogP contribution >= 0.6 is 39.5 Å². The molecule has 2 aromatic rings. The molecule has 5 heteroatoms. The van der Waals surface area contributed by atoms with Gasteiger partial charge in [0.1, 0.15) is 0 Å². The molecule has 1 atom stereocenters. The lowest BCUT2D eigenvalue weighted by Gasteiger charge is -2.25. The minimum Gasteiger partial charge on any atom is -0.287 e. The molecular formula is C18H21BrN2S2. The molecule has 0 aliphatic carbocycles. The van der Waals surface area contributed by atoms with Crippen molar-refractivity contribution in [1.82, 2.24) is 9.88 Å². The van der Waals surface area contributed by atoms with Crippen LogP contribution in [0.3, 0.4) is 0 Å². The van der Waals surface area contributed by atoms with Gasteiger partial charge in [0.2, 0.25) is 0 Å². The number of rotatable bonds is 6. The second-order valence-corrected chi connectivity index (χ2v) is 8.66. The number of halogens is 1. The lowest BCUT2D eigenvalue weighted by Crippen LogP contribution is -2.25. The summed E-state index contributed by atoms with van der Waals surface area (Å²) in [6.45, 7) is 2.35. The van der Waals surface area contributed by atoms with Gasteiger partial charge < -0.3 is 0 Å². The Labute approximate surface area is 155 Å². The second kappa shape index (κ2) is 8.56. The van der Waals surface area contributed by atoms with Crippen molar-refractivity contribution in [3.8, 4) is 11.1 Å². The average Bonchev–Trinajstić information content (AvgIpc) is 3.04. The van der Waals surface area contributed by atoms with Crippen LogP contribution in [-0.2, 0) is 0 Å². The molecule has 2 nitrogen and oxygen atoms in total. The van der Waals surface area contributed by atoms with Gasteiger partial charge in [-0.3, -0.25) is 9.88 Å². The Morgan fingerprint density at radius 1 is 1.30 bits per heavy atom. The summed E-state index contributed by atoms with van der Waals surface area (Å²) in [7, 11) is 0. The summed E-state index contributed by atoms with van der Waals surface area (Å²) in [4.78, 5) is 7.02. The minimum absolute atomic E-state index is 0.434. The van der Waals surface area contributed by atoms with E-state index < -0.39 is 0 Å². The van der Waals surface area contributed by atoms with E-state index in [0.717, 1.165) is 4.47 Å². The zero-order valence-corrected chi connectivity index (χ0v) is 16.5. The summed E-state index contributed by atoms with van der Waals surface area (Å²) in [5.74, 6) is 2.44. The monoisotopic (exact) mass is 408 g/mol. The first-order valence-electron chi connectivity index (χ1n) is 7.84. The molecule has 2 heterocycles. The number of aromatic nitrogens is 1. The maximum Gasteiger partial charge on any atom is 0.0836 e. The Bertz CT molecular complexity index is 633. The largest absolute Gasteiger partial charge is 0.287 e. The highest BCUT2D eigenvalue weighted by molar-refractivity contribution is 9.10. The van der Waals surface area contributed by atoms with Crippen molar-refractivity contribution >= 4 is 39.5 Å². The Morgan fingerprint density at radius 2 is 2.13 bits per heavy atom. The molecule has 0 spiro atoms. The van der Waals surface area contributed by atoms with Crippen molar-refractivity contribution in [3.63, 3.8) is 0 Å². The molecule has 0 amide bonds. The van der Waals surface area contributed by atoms with Crippen LogP contribution in [0.1, 0.15) is 17.4 Å². The predicted octanol–water partition coefficient (Wildman–Crippen LogP) is 5.31. The van der Waals surface area contributed by atoms with E-state index in [1.165, 1.54) is 47.7 Å². The van der Waals surface area contributed by atoms with Crippen molar-refractivity contribution in [3.05, 3.63) is 52.8 Å². The molecule has 1 aromatic carbocycles. The summed E-state index contributed by atoms with van der Waals surface area (Å²) in [6.07, 6.45) is 7.40. The smallest absolute Gasteiger partial charge is 0.0836 e. The minimum atomic E-state index is 0.434. The normalized spacial score (nSPS) is 18.4. The zero-order valence-electron chi connectivity index (χ0n) is 13.2. The third-order valence-electron chi connectivity index (χ3n) is 4.05. The Balaban J connectivity index is 1.86. The third-order valence-corrected chi connectivity index (χ3v) is 6.56. The van der Waals surface area contributed by atoms with Gasteiger partial charge in [0.25, 0.3) is 0 Å². The maximum atomic E-state index is 4.41. The molecule has 0 saturated carbocycles. The van der Waals surface area contributed by atoms with Crippen molar-refractivity contribution in [2.75, 3.05) is 30.9 Å². The topological polar surface area (TPSA) is 16.1 Å². The van der Waals surface area contributed by atoms with Gasteiger partial charge in [0.15, 0.2) is 0 Å². The fourth-order valence-corrected chi connectivity index (χ4v) is 4.96. The zero-order chi connectivity index (χ0) is 16.1. The van der Waals surface area contributed by atoms with E-state index in [4.69, 9.17) is 0 Å². The number of hydrogen-bond donors (Lipinski definition) is 0. The molecule has 23 heavy (non-hydrogen) atoms. The molecule has 1 fully saturated rings. The van der Waals surface area contributed by atoms with E-state index in [9.17, 15) is 0 Å². The highest BCUT2D eigenvalue weighted by Gasteiger charge is 2.28. The van der Waals surface area contributed by atoms with Gasteiger partial charge in [-0.1, -0.05) is 28.1 Å². The lowest BCUT2D eigenvalue weighted by atomic mass is 10.0. The first kappa shape index (κ1) is 17.3. The van der Waals surface area contributed by atoms with Crippen LogP contribution in [0.25, 0.3) is 11.1 Å². The first-order valence-corrected chi connectivity index (χ1v) is 11.1. The van der Waals surface area contributed by atoms with Crippen LogP contribution in [0.5, 0.6) is 0 Å². The standard InChI is InChI=1S/C18H21BrN2S2/c1-22-11-2-9-21-10-12-23-18(21)17-13-20-8-7-16(17)14-3-5-15(19)6-4-14/h3-8,13,18H,2,9-12H2,1H3. The third kappa shape index (κ3) is 4.32. The SMILES string of the molecule is CSCCCN1CCSC1c1cnccc1-c1ccc(Br)cc1. The van der Waals surface area contributed by atoms with Crippen molar-refractivity contribution in [2.24, 2.45) is 0 Å². The van der Waals surface area contributed by atoms with Crippen LogP contribution < -0.4 is 0 Å². The highest BCUT2D eigenvalue weighted by atomic mass is 79.9. The second-order valence-electron chi connectivity index (χ2n) is 5.58. The molecule has 1 aromatic heterocycles. The number of hydrogen-bond acceptors (Lipinski definition) is 4. The average molecular weight is 409 g/mol. The Hall–Kier alpha value is -0.490. The fourth-order valence-electron chi connectivity index (χ4n) is 2.93. The highest BCUT2D eigenvalue weighted by Crippen LogP contribution is 2.41. The van der Waals surface area contributed by atoms with E-state index >= 15 is 0 Å². The van der Waals surface area contributed by atoms with Gasteiger partial charge in [-0.25, -0.2) is 0 Å². The Kier molecular flexibility index (Phi) is 6.45. The van der Waals surface area contributed by atoms with Crippen LogP contribution in [0.2, 0.25) is 0 Å². The van der Waals surface area contributed by atoms with E-state index in [-0.39, 0.29) is 0 Å². The summed E-state index contributed by atoms with van der Waals surface area (Å²) in [6, 6.07) is 10.7. The summed E-state index contributed by atoms with van der Waals surface area (Å²) in [5, 5.41) is 0.434. The molecular weight excluding hydrogens is 388 g/mol. The van der Waals surface area contributed by atoms with Gasteiger partial charge >= 0.3 is 0 Å². The Morgan fingerprint density at radius 3 is 2.91 bits per heavy atom. The molecule has 0 radical (unpaired) electrons. The van der Waals surface area contributed by atoms with E-state index in [0.29, 0.717) is 5.37 Å². The molecule has 122 valence electrons. The van der Waals surface area contributed by atoms with Crippen LogP contribution in [0.15, 0.2) is 47.2 Å². The van der Waals surface area contributed by atoms with Crippen molar-refractivity contribution in [1.29, 1.82) is 0 Å². The van der Waals surface area contributed by atoms with Gasteiger partial charge in [0.05, 0.1) is 5.37 Å². The number of thioether (sulfide) groups is 2. The molecule has 1 aliphatic rings. The van der Waals surface area contributed by atoms with E-state index in [1.807, 2.05) is 29.7 Å². The molecule has 1 aliphatic heterocycles. The van der Waals surface area contributed by atoms with Crippen LogP contribution in [0.4, 0.5) is 0 Å². The number of benzene rings is 1. The van der Waals surface area contributed by atoms with Gasteiger partial charge in [-0.2, -0.15) is 11.8 Å². The van der Waals surface area contributed by atoms with Gasteiger partial charge in [-0.05, 0) is 47.8 Å². The van der Waals surface area contributed by atoms with Crippen molar-refractivity contribution < 1.29 is 0 Å². The van der Waals surface area contributed by atoms with E-state index in [2.05, 4.69) is 68.6 Å². The maximum absolute atomic E-state index is 4.41. The fraction of sp³-hybridized carbons (Fsp3) is 0.389. The predicted molar refractivity (Wildman–Crippen MR) is 107 cm³/mol. The summed E-state index contributed by atoms with van der Waals surface area (Å²) < 4.78 is 1.12. The molecule has 1 unspecified atom stereocenters. The van der Waals surface area contributed by atoms with E-state index in [1.54, 1.807) is 0 Å². The molecule has 0 bridgehead atoms. The number of pyridine rings is 1. The van der Waals surface area contributed by atoms with Crippen LogP contribution in [0, 0.1) is 0 Å². The van der Waals surface area contributed by atoms with Gasteiger partial charge in [-0.15, -0.1) is 11.8 Å². The van der Waals surface area contributed by atoms with Crippen molar-refractivity contribution in [2.45, 2.75) is 11.8 Å². The molecule has 1 saturated heterocycles. The number of nitrogens with zero attached hydrogens (tertiary/aromatic N) is 2. The quantitative estimate of drug-likeness (QED) is 0.601. The first-order chi connectivity index (χ1) is 11.3. The molecule has 3 rings (SSSR count). The van der Waals surface area contributed by atoms with Gasteiger partial charge in [0, 0.05) is 41.3 Å². The molecule has 0 N–H and O–H groups in total. The van der Waals surface area contributed by atoms with Crippen LogP contribution in [-0.4, -0.2) is 40.7 Å². The summed E-state index contributed by atoms with van der Waals surface area (Å²) in [5.41, 5.74) is 3.92. The lowest BCUT2D eigenvalue weighted by molar-refractivity contribution is 0.292. The summed E-state index contributed by atoms with van der Waals surface area (Å²) >= 11 is 7.50.